The van der Waals surface area contributed by atoms with Crippen LogP contribution in [0.5, 0.6) is 0 Å². The van der Waals surface area contributed by atoms with Gasteiger partial charge in [0.2, 0.25) is 0 Å². The van der Waals surface area contributed by atoms with Crippen molar-refractivity contribution < 1.29 is 0 Å². The molecule has 2 heteroatoms. The first-order valence-corrected chi connectivity index (χ1v) is 6.01. The van der Waals surface area contributed by atoms with Crippen LogP contribution in [0.4, 0.5) is 0 Å². The predicted octanol–water partition coefficient (Wildman–Crippen LogP) is 2.49. The average molecular weight is 200 g/mol. The first-order valence-electron chi connectivity index (χ1n) is 6.01. The van der Waals surface area contributed by atoms with Crippen LogP contribution in [0.15, 0.2) is 0 Å². The fraction of sp³-hybridized carbons (Fsp3) is 1.00. The van der Waals surface area contributed by atoms with Gasteiger partial charge in [0.05, 0.1) is 0 Å². The van der Waals surface area contributed by atoms with E-state index in [1.807, 2.05) is 0 Å². The minimum atomic E-state index is 0.592. The van der Waals surface area contributed by atoms with Crippen molar-refractivity contribution in [1.82, 2.24) is 10.2 Å². The van der Waals surface area contributed by atoms with Crippen molar-refractivity contribution >= 4 is 0 Å². The van der Waals surface area contributed by atoms with Crippen LogP contribution < -0.4 is 5.32 Å². The molecule has 1 N–H and O–H groups in total. The molecule has 0 heterocycles. The summed E-state index contributed by atoms with van der Waals surface area (Å²) in [5.74, 6) is 0. The Balaban J connectivity index is 3.84. The van der Waals surface area contributed by atoms with Gasteiger partial charge >= 0.3 is 0 Å². The third-order valence-electron chi connectivity index (χ3n) is 2.75. The summed E-state index contributed by atoms with van der Waals surface area (Å²) in [6.07, 6.45) is 1.24. The van der Waals surface area contributed by atoms with Gasteiger partial charge in [-0.3, -0.25) is 0 Å². The van der Waals surface area contributed by atoms with Gasteiger partial charge < -0.3 is 10.2 Å². The lowest BCUT2D eigenvalue weighted by Crippen LogP contribution is -2.40. The molecule has 86 valence electrons. The summed E-state index contributed by atoms with van der Waals surface area (Å²) in [6, 6.07) is 1.89. The molecule has 0 aliphatic carbocycles. The molecule has 0 rings (SSSR count). The van der Waals surface area contributed by atoms with Crippen LogP contribution in [0.3, 0.4) is 0 Å². The summed E-state index contributed by atoms with van der Waals surface area (Å²) < 4.78 is 0. The highest BCUT2D eigenvalue weighted by atomic mass is 15.1. The van der Waals surface area contributed by atoms with Crippen molar-refractivity contribution in [2.24, 2.45) is 0 Å². The van der Waals surface area contributed by atoms with E-state index in [-0.39, 0.29) is 0 Å². The van der Waals surface area contributed by atoms with Gasteiger partial charge in [-0.05, 0) is 33.4 Å². The molecule has 0 bridgehead atoms. The third-order valence-corrected chi connectivity index (χ3v) is 2.75. The summed E-state index contributed by atoms with van der Waals surface area (Å²) in [5.41, 5.74) is 0. The van der Waals surface area contributed by atoms with Crippen LogP contribution in [0, 0.1) is 0 Å². The Morgan fingerprint density at radius 2 is 1.50 bits per heavy atom. The van der Waals surface area contributed by atoms with E-state index < -0.39 is 0 Å². The summed E-state index contributed by atoms with van der Waals surface area (Å²) in [4.78, 5) is 2.51. The highest BCUT2D eigenvalue weighted by Crippen LogP contribution is 2.06. The second kappa shape index (κ2) is 7.24. The molecule has 0 aliphatic rings. The maximum Gasteiger partial charge on any atom is 0.00814 e. The molecule has 0 radical (unpaired) electrons. The van der Waals surface area contributed by atoms with Gasteiger partial charge in [-0.1, -0.05) is 27.7 Å². The second-order valence-electron chi connectivity index (χ2n) is 4.53. The molecule has 0 saturated carbocycles. The van der Waals surface area contributed by atoms with Crippen LogP contribution in [0.25, 0.3) is 0 Å². The monoisotopic (exact) mass is 200 g/mol. The fourth-order valence-corrected chi connectivity index (χ4v) is 2.14. The SMILES string of the molecule is CCN(CC)C(C)CC(C)NC(C)C. The lowest BCUT2D eigenvalue weighted by molar-refractivity contribution is 0.205. The van der Waals surface area contributed by atoms with Crippen molar-refractivity contribution in [2.45, 2.75) is 66.1 Å². The second-order valence-corrected chi connectivity index (χ2v) is 4.53. The van der Waals surface area contributed by atoms with Crippen LogP contribution >= 0.6 is 0 Å². The Kier molecular flexibility index (Phi) is 7.20. The van der Waals surface area contributed by atoms with E-state index in [4.69, 9.17) is 0 Å². The fourth-order valence-electron chi connectivity index (χ4n) is 2.14. The molecular weight excluding hydrogens is 172 g/mol. The van der Waals surface area contributed by atoms with Gasteiger partial charge in [-0.25, -0.2) is 0 Å². The van der Waals surface area contributed by atoms with Crippen molar-refractivity contribution in [3.63, 3.8) is 0 Å². The highest BCUT2D eigenvalue weighted by Gasteiger charge is 2.13. The summed E-state index contributed by atoms with van der Waals surface area (Å²) >= 11 is 0. The molecule has 14 heavy (non-hydrogen) atoms. The lowest BCUT2D eigenvalue weighted by atomic mass is 10.1. The van der Waals surface area contributed by atoms with Crippen molar-refractivity contribution in [3.8, 4) is 0 Å². The zero-order valence-corrected chi connectivity index (χ0v) is 10.8. The number of rotatable bonds is 7. The number of nitrogens with zero attached hydrogens (tertiary/aromatic N) is 1. The molecular formula is C12H28N2. The Labute approximate surface area is 90.1 Å². The summed E-state index contributed by atoms with van der Waals surface area (Å²) in [6.45, 7) is 15.8. The van der Waals surface area contributed by atoms with Gasteiger partial charge in [-0.15, -0.1) is 0 Å². The van der Waals surface area contributed by atoms with Gasteiger partial charge in [0.25, 0.3) is 0 Å². The number of hydrogen-bond donors (Lipinski definition) is 1. The van der Waals surface area contributed by atoms with Crippen LogP contribution in [-0.4, -0.2) is 36.1 Å². The van der Waals surface area contributed by atoms with E-state index in [9.17, 15) is 0 Å². The molecule has 0 aliphatic heterocycles. The Bertz CT molecular complexity index is 130. The Morgan fingerprint density at radius 3 is 1.86 bits per heavy atom. The van der Waals surface area contributed by atoms with E-state index in [2.05, 4.69) is 51.8 Å². The van der Waals surface area contributed by atoms with Gasteiger partial charge in [0, 0.05) is 18.1 Å². The largest absolute Gasteiger partial charge is 0.312 e. The van der Waals surface area contributed by atoms with Gasteiger partial charge in [0.15, 0.2) is 0 Å². The van der Waals surface area contributed by atoms with Crippen molar-refractivity contribution in [2.75, 3.05) is 13.1 Å². The first kappa shape index (κ1) is 13.9. The van der Waals surface area contributed by atoms with E-state index in [1.165, 1.54) is 6.42 Å². The van der Waals surface area contributed by atoms with E-state index in [0.29, 0.717) is 18.1 Å². The molecule has 0 saturated heterocycles. The summed E-state index contributed by atoms with van der Waals surface area (Å²) in [7, 11) is 0. The standard InChI is InChI=1S/C12H28N2/c1-7-14(8-2)12(6)9-11(5)13-10(3)4/h10-13H,7-9H2,1-6H3. The molecule has 0 spiro atoms. The molecule has 0 fully saturated rings. The molecule has 2 nitrogen and oxygen atoms in total. The van der Waals surface area contributed by atoms with Gasteiger partial charge in [0.1, 0.15) is 0 Å². The minimum absolute atomic E-state index is 0.592. The molecule has 0 aromatic heterocycles. The minimum Gasteiger partial charge on any atom is -0.312 e. The van der Waals surface area contributed by atoms with E-state index in [0.717, 1.165) is 13.1 Å². The zero-order valence-electron chi connectivity index (χ0n) is 10.8. The van der Waals surface area contributed by atoms with Crippen LogP contribution in [0.1, 0.15) is 48.0 Å². The Hall–Kier alpha value is -0.0800. The number of nitrogens with one attached hydrogen (secondary N) is 1. The zero-order chi connectivity index (χ0) is 11.1. The number of hydrogen-bond acceptors (Lipinski definition) is 2. The third kappa shape index (κ3) is 5.61. The molecule has 0 amide bonds. The van der Waals surface area contributed by atoms with Crippen LogP contribution in [0.2, 0.25) is 0 Å². The molecule has 0 aromatic carbocycles. The normalized spacial score (nSPS) is 16.3. The maximum absolute atomic E-state index is 3.55. The molecule has 0 aromatic rings. The lowest BCUT2D eigenvalue weighted by Gasteiger charge is -2.29. The van der Waals surface area contributed by atoms with E-state index in [1.54, 1.807) is 0 Å². The highest BCUT2D eigenvalue weighted by molar-refractivity contribution is 4.72. The van der Waals surface area contributed by atoms with Crippen molar-refractivity contribution in [3.05, 3.63) is 0 Å². The molecule has 2 unspecified atom stereocenters. The Morgan fingerprint density at radius 1 is 1.00 bits per heavy atom. The maximum atomic E-state index is 3.55. The van der Waals surface area contributed by atoms with Crippen LogP contribution in [-0.2, 0) is 0 Å². The summed E-state index contributed by atoms with van der Waals surface area (Å²) in [5, 5.41) is 3.55. The first-order chi connectivity index (χ1) is 6.51. The predicted molar refractivity (Wildman–Crippen MR) is 64.7 cm³/mol. The van der Waals surface area contributed by atoms with Crippen molar-refractivity contribution in [1.29, 1.82) is 0 Å². The van der Waals surface area contributed by atoms with E-state index >= 15 is 0 Å². The topological polar surface area (TPSA) is 15.3 Å². The average Bonchev–Trinajstić information content (AvgIpc) is 2.04. The quantitative estimate of drug-likeness (QED) is 0.679. The molecule has 2 atom stereocenters. The smallest absolute Gasteiger partial charge is 0.00814 e. The van der Waals surface area contributed by atoms with Gasteiger partial charge in [-0.2, -0.15) is 0 Å².